The molecule has 2 amide bonds. The molecule has 2 aliphatic rings. The minimum atomic E-state index is -0.307. The SMILES string of the molecule is CC(=O)c1c[nH]c(C(=O)N2CCN(C(=O)C3CCCO3)CC2)c1. The number of H-pyrrole nitrogens is 1. The molecule has 3 heterocycles. The topological polar surface area (TPSA) is 82.7 Å². The molecule has 3 rings (SSSR count). The number of aromatic nitrogens is 1. The molecule has 1 aromatic heterocycles. The first-order chi connectivity index (χ1) is 11.1. The van der Waals surface area contributed by atoms with Crippen molar-refractivity contribution in [2.45, 2.75) is 25.9 Å². The zero-order chi connectivity index (χ0) is 16.4. The molecule has 23 heavy (non-hydrogen) atoms. The van der Waals surface area contributed by atoms with Crippen LogP contribution in [0.2, 0.25) is 0 Å². The summed E-state index contributed by atoms with van der Waals surface area (Å²) in [5.74, 6) is -0.178. The maximum atomic E-state index is 12.4. The van der Waals surface area contributed by atoms with Crippen LogP contribution in [-0.2, 0) is 9.53 Å². The first-order valence-electron chi connectivity index (χ1n) is 7.95. The van der Waals surface area contributed by atoms with Crippen molar-refractivity contribution in [3.63, 3.8) is 0 Å². The lowest BCUT2D eigenvalue weighted by Gasteiger charge is -2.35. The van der Waals surface area contributed by atoms with E-state index in [-0.39, 0.29) is 23.7 Å². The van der Waals surface area contributed by atoms with Crippen LogP contribution in [0.4, 0.5) is 0 Å². The Morgan fingerprint density at radius 3 is 2.43 bits per heavy atom. The smallest absolute Gasteiger partial charge is 0.270 e. The summed E-state index contributed by atoms with van der Waals surface area (Å²) < 4.78 is 5.43. The highest BCUT2D eigenvalue weighted by Crippen LogP contribution is 2.17. The highest BCUT2D eigenvalue weighted by molar-refractivity contribution is 5.99. The third-order valence-electron chi connectivity index (χ3n) is 4.40. The van der Waals surface area contributed by atoms with Crippen molar-refractivity contribution in [1.29, 1.82) is 0 Å². The van der Waals surface area contributed by atoms with Gasteiger partial charge in [-0.3, -0.25) is 14.4 Å². The van der Waals surface area contributed by atoms with Gasteiger partial charge in [0.25, 0.3) is 11.8 Å². The van der Waals surface area contributed by atoms with Crippen molar-refractivity contribution in [2.75, 3.05) is 32.8 Å². The number of rotatable bonds is 3. The van der Waals surface area contributed by atoms with Gasteiger partial charge < -0.3 is 19.5 Å². The van der Waals surface area contributed by atoms with Gasteiger partial charge in [-0.05, 0) is 25.8 Å². The summed E-state index contributed by atoms with van der Waals surface area (Å²) in [6.07, 6.45) is 2.96. The fraction of sp³-hybridized carbons (Fsp3) is 0.562. The number of amides is 2. The maximum Gasteiger partial charge on any atom is 0.270 e. The second-order valence-electron chi connectivity index (χ2n) is 5.98. The largest absolute Gasteiger partial charge is 0.368 e. The number of carbonyl (C=O) groups excluding carboxylic acids is 3. The van der Waals surface area contributed by atoms with Crippen molar-refractivity contribution >= 4 is 17.6 Å². The number of piperazine rings is 1. The maximum absolute atomic E-state index is 12.4. The number of aromatic amines is 1. The van der Waals surface area contributed by atoms with Gasteiger partial charge in [-0.25, -0.2) is 0 Å². The number of carbonyl (C=O) groups is 3. The molecule has 1 N–H and O–H groups in total. The van der Waals surface area contributed by atoms with Crippen LogP contribution in [0.15, 0.2) is 12.3 Å². The van der Waals surface area contributed by atoms with E-state index in [9.17, 15) is 14.4 Å². The zero-order valence-electron chi connectivity index (χ0n) is 13.2. The predicted octanol–water partition coefficient (Wildman–Crippen LogP) is 0.681. The molecule has 1 unspecified atom stereocenters. The van der Waals surface area contributed by atoms with E-state index >= 15 is 0 Å². The van der Waals surface area contributed by atoms with E-state index in [1.54, 1.807) is 22.1 Å². The molecular weight excluding hydrogens is 298 g/mol. The van der Waals surface area contributed by atoms with E-state index in [0.717, 1.165) is 12.8 Å². The van der Waals surface area contributed by atoms with Gasteiger partial charge in [0.2, 0.25) is 0 Å². The molecule has 0 aromatic carbocycles. The van der Waals surface area contributed by atoms with Crippen LogP contribution in [0.1, 0.15) is 40.6 Å². The van der Waals surface area contributed by atoms with Gasteiger partial charge in [-0.2, -0.15) is 0 Å². The quantitative estimate of drug-likeness (QED) is 0.831. The first-order valence-corrected chi connectivity index (χ1v) is 7.95. The Labute approximate surface area is 134 Å². The van der Waals surface area contributed by atoms with Crippen LogP contribution in [0.5, 0.6) is 0 Å². The molecule has 2 fully saturated rings. The lowest BCUT2D eigenvalue weighted by atomic mass is 10.2. The summed E-state index contributed by atoms with van der Waals surface area (Å²) in [7, 11) is 0. The Morgan fingerprint density at radius 2 is 1.87 bits per heavy atom. The Bertz CT molecular complexity index is 611. The number of nitrogens with one attached hydrogen (secondary N) is 1. The summed E-state index contributed by atoms with van der Waals surface area (Å²) in [5, 5.41) is 0. The zero-order valence-corrected chi connectivity index (χ0v) is 13.2. The van der Waals surface area contributed by atoms with Crippen LogP contribution in [0.25, 0.3) is 0 Å². The van der Waals surface area contributed by atoms with Gasteiger partial charge in [0.1, 0.15) is 11.8 Å². The van der Waals surface area contributed by atoms with Crippen molar-refractivity contribution in [3.05, 3.63) is 23.5 Å². The average Bonchev–Trinajstić information content (AvgIpc) is 3.25. The van der Waals surface area contributed by atoms with Crippen LogP contribution in [0, 0.1) is 0 Å². The molecule has 0 bridgehead atoms. The Kier molecular flexibility index (Phi) is 4.47. The number of ether oxygens (including phenoxy) is 1. The number of nitrogens with zero attached hydrogens (tertiary/aromatic N) is 2. The summed E-state index contributed by atoms with van der Waals surface area (Å²) in [6, 6.07) is 1.58. The predicted molar refractivity (Wildman–Crippen MR) is 82.3 cm³/mol. The second-order valence-corrected chi connectivity index (χ2v) is 5.98. The minimum absolute atomic E-state index is 0.0355. The summed E-state index contributed by atoms with van der Waals surface area (Å²) in [6.45, 7) is 4.14. The van der Waals surface area contributed by atoms with E-state index in [0.29, 0.717) is 44.0 Å². The number of hydrogen-bond acceptors (Lipinski definition) is 4. The van der Waals surface area contributed by atoms with Crippen molar-refractivity contribution in [1.82, 2.24) is 14.8 Å². The van der Waals surface area contributed by atoms with Crippen LogP contribution in [-0.4, -0.2) is 71.3 Å². The summed E-state index contributed by atoms with van der Waals surface area (Å²) >= 11 is 0. The van der Waals surface area contributed by atoms with Crippen LogP contribution < -0.4 is 0 Å². The third-order valence-corrected chi connectivity index (χ3v) is 4.40. The van der Waals surface area contributed by atoms with Gasteiger partial charge in [-0.1, -0.05) is 0 Å². The van der Waals surface area contributed by atoms with Crippen LogP contribution in [0.3, 0.4) is 0 Å². The van der Waals surface area contributed by atoms with Gasteiger partial charge >= 0.3 is 0 Å². The van der Waals surface area contributed by atoms with Crippen molar-refractivity contribution in [3.8, 4) is 0 Å². The van der Waals surface area contributed by atoms with E-state index in [2.05, 4.69) is 4.98 Å². The fourth-order valence-electron chi connectivity index (χ4n) is 3.00. The lowest BCUT2D eigenvalue weighted by Crippen LogP contribution is -2.52. The first kappa shape index (κ1) is 15.7. The Hall–Kier alpha value is -2.15. The van der Waals surface area contributed by atoms with E-state index in [4.69, 9.17) is 4.74 Å². The van der Waals surface area contributed by atoms with Crippen molar-refractivity contribution in [2.24, 2.45) is 0 Å². The highest BCUT2D eigenvalue weighted by atomic mass is 16.5. The molecule has 124 valence electrons. The van der Waals surface area contributed by atoms with E-state index in [1.165, 1.54) is 6.92 Å². The molecule has 7 nitrogen and oxygen atoms in total. The summed E-state index contributed by atoms with van der Waals surface area (Å²) in [5.41, 5.74) is 0.912. The Morgan fingerprint density at radius 1 is 1.17 bits per heavy atom. The molecule has 1 atom stereocenters. The number of ketones is 1. The van der Waals surface area contributed by atoms with E-state index < -0.39 is 0 Å². The van der Waals surface area contributed by atoms with Crippen LogP contribution >= 0.6 is 0 Å². The minimum Gasteiger partial charge on any atom is -0.368 e. The molecule has 2 saturated heterocycles. The molecule has 0 saturated carbocycles. The van der Waals surface area contributed by atoms with Gasteiger partial charge in [0.05, 0.1) is 0 Å². The van der Waals surface area contributed by atoms with Gasteiger partial charge in [0, 0.05) is 44.5 Å². The fourth-order valence-corrected chi connectivity index (χ4v) is 3.00. The third kappa shape index (κ3) is 3.29. The number of Topliss-reactive ketones (excluding diaryl/α,β-unsaturated/α-hetero) is 1. The standard InChI is InChI=1S/C16H21N3O4/c1-11(20)12-9-13(17-10-12)15(21)18-4-6-19(7-5-18)16(22)14-3-2-8-23-14/h9-10,14,17H,2-8H2,1H3. The highest BCUT2D eigenvalue weighted by Gasteiger charge is 2.31. The van der Waals surface area contributed by atoms with Crippen molar-refractivity contribution < 1.29 is 19.1 Å². The molecule has 1 aromatic rings. The van der Waals surface area contributed by atoms with E-state index in [1.807, 2.05) is 0 Å². The molecule has 2 aliphatic heterocycles. The second kappa shape index (κ2) is 6.54. The monoisotopic (exact) mass is 319 g/mol. The summed E-state index contributed by atoms with van der Waals surface area (Å²) in [4.78, 5) is 42.3. The molecule has 0 aliphatic carbocycles. The average molecular weight is 319 g/mol. The Balaban J connectivity index is 1.56. The molecule has 7 heteroatoms. The normalized spacial score (nSPS) is 21.5. The molecule has 0 spiro atoms. The molecular formula is C16H21N3O4. The van der Waals surface area contributed by atoms with Gasteiger partial charge in [0.15, 0.2) is 5.78 Å². The van der Waals surface area contributed by atoms with Gasteiger partial charge in [-0.15, -0.1) is 0 Å². The number of hydrogen-bond donors (Lipinski definition) is 1. The lowest BCUT2D eigenvalue weighted by molar-refractivity contribution is -0.142. The molecule has 0 radical (unpaired) electrons.